The number of hydrogen-bond donors (Lipinski definition) is 1. The number of benzene rings is 3. The molecule has 28 heavy (non-hydrogen) atoms. The molecule has 5 rings (SSSR count). The monoisotopic (exact) mass is 378 g/mol. The number of nitrogens with zero attached hydrogens (tertiary/aromatic N) is 3. The minimum Gasteiger partial charge on any atom is -0.338 e. The lowest BCUT2D eigenvalue weighted by Gasteiger charge is -2.02. The molecule has 0 aliphatic heterocycles. The Bertz CT molecular complexity index is 1230. The zero-order chi connectivity index (χ0) is 18.9. The summed E-state index contributed by atoms with van der Waals surface area (Å²) in [5.41, 5.74) is 5.45. The van der Waals surface area contributed by atoms with Crippen molar-refractivity contribution in [2.75, 3.05) is 0 Å². The van der Waals surface area contributed by atoms with Gasteiger partial charge in [0.2, 0.25) is 0 Å². The van der Waals surface area contributed by atoms with E-state index in [0.717, 1.165) is 43.2 Å². The lowest BCUT2D eigenvalue weighted by atomic mass is 10.1. The van der Waals surface area contributed by atoms with Gasteiger partial charge in [0.1, 0.15) is 10.8 Å². The molecule has 0 bridgehead atoms. The molecule has 2 aromatic heterocycles. The molecule has 132 valence electrons. The topological polar surface area (TPSA) is 65.4 Å². The Labute approximate surface area is 165 Å². The fraction of sp³-hybridized carbons (Fsp3) is 0. The van der Waals surface area contributed by atoms with E-state index in [9.17, 15) is 0 Å². The number of H-pyrrole nitrogens is 1. The van der Waals surface area contributed by atoms with E-state index >= 15 is 0 Å². The Morgan fingerprint density at radius 3 is 2.39 bits per heavy atom. The van der Waals surface area contributed by atoms with Gasteiger partial charge in [0, 0.05) is 0 Å². The highest BCUT2D eigenvalue weighted by atomic mass is 32.1. The smallest absolute Gasteiger partial charge is 0.141 e. The number of rotatable bonds is 3. The number of para-hydroxylation sites is 3. The third-order valence-electron chi connectivity index (χ3n) is 4.52. The molecular weight excluding hydrogens is 364 g/mol. The van der Waals surface area contributed by atoms with Gasteiger partial charge in [-0.25, -0.2) is 9.97 Å². The van der Waals surface area contributed by atoms with E-state index in [-0.39, 0.29) is 0 Å². The van der Waals surface area contributed by atoms with Crippen LogP contribution in [0.5, 0.6) is 0 Å². The number of imidazole rings is 1. The molecular formula is C23H14N4S. The van der Waals surface area contributed by atoms with Crippen molar-refractivity contribution in [1.82, 2.24) is 15.0 Å². The minimum atomic E-state index is 0.641. The van der Waals surface area contributed by atoms with Crippen LogP contribution in [-0.2, 0) is 0 Å². The fourth-order valence-electron chi connectivity index (χ4n) is 3.12. The number of aromatic amines is 1. The van der Waals surface area contributed by atoms with Gasteiger partial charge in [0.15, 0.2) is 0 Å². The predicted molar refractivity (Wildman–Crippen MR) is 114 cm³/mol. The largest absolute Gasteiger partial charge is 0.338 e. The zero-order valence-electron chi connectivity index (χ0n) is 14.8. The van der Waals surface area contributed by atoms with E-state index in [4.69, 9.17) is 15.2 Å². The number of thiazole rings is 1. The van der Waals surface area contributed by atoms with Crippen LogP contribution in [0.4, 0.5) is 0 Å². The Balaban J connectivity index is 1.70. The van der Waals surface area contributed by atoms with E-state index < -0.39 is 0 Å². The van der Waals surface area contributed by atoms with E-state index in [1.165, 1.54) is 0 Å². The number of nitriles is 1. The summed E-state index contributed by atoms with van der Waals surface area (Å²) >= 11 is 1.65. The van der Waals surface area contributed by atoms with E-state index in [1.807, 2.05) is 66.7 Å². The molecule has 0 atom stereocenters. The van der Waals surface area contributed by atoms with Crippen molar-refractivity contribution in [1.29, 1.82) is 5.26 Å². The SMILES string of the molecule is N#Cc1ccc(C=C(c2nc3ccccc3[nH]2)c2nc3ccccc3s2)cc1. The van der Waals surface area contributed by atoms with E-state index in [1.54, 1.807) is 11.3 Å². The quantitative estimate of drug-likeness (QED) is 0.442. The standard InChI is InChI=1S/C23H14N4S/c24-14-16-11-9-15(10-12-16)13-17(22-25-18-5-1-2-6-19(18)26-22)23-27-20-7-3-4-8-21(20)28-23/h1-13H,(H,25,26). The normalized spacial score (nSPS) is 11.8. The molecule has 5 heteroatoms. The third kappa shape index (κ3) is 2.96. The summed E-state index contributed by atoms with van der Waals surface area (Å²) in [6, 6.07) is 25.8. The summed E-state index contributed by atoms with van der Waals surface area (Å²) < 4.78 is 1.14. The second-order valence-electron chi connectivity index (χ2n) is 6.38. The highest BCUT2D eigenvalue weighted by Crippen LogP contribution is 2.32. The molecule has 2 heterocycles. The van der Waals surface area contributed by atoms with Gasteiger partial charge in [-0.15, -0.1) is 11.3 Å². The highest BCUT2D eigenvalue weighted by Gasteiger charge is 2.15. The average molecular weight is 378 g/mol. The summed E-state index contributed by atoms with van der Waals surface area (Å²) in [4.78, 5) is 13.0. The molecule has 0 saturated carbocycles. The van der Waals surface area contributed by atoms with Gasteiger partial charge < -0.3 is 4.98 Å². The number of hydrogen-bond acceptors (Lipinski definition) is 4. The molecule has 0 aliphatic rings. The molecule has 0 fully saturated rings. The van der Waals surface area contributed by atoms with Crippen LogP contribution in [0.3, 0.4) is 0 Å². The Hall–Kier alpha value is -3.75. The van der Waals surface area contributed by atoms with Crippen LogP contribution in [0.25, 0.3) is 32.9 Å². The van der Waals surface area contributed by atoms with Gasteiger partial charge in [-0.2, -0.15) is 5.26 Å². The van der Waals surface area contributed by atoms with Gasteiger partial charge in [-0.05, 0) is 48.0 Å². The maximum Gasteiger partial charge on any atom is 0.141 e. The van der Waals surface area contributed by atoms with Crippen LogP contribution in [0.15, 0.2) is 72.8 Å². The van der Waals surface area contributed by atoms with Gasteiger partial charge in [0.25, 0.3) is 0 Å². The molecule has 5 aromatic rings. The van der Waals surface area contributed by atoms with Gasteiger partial charge in [0.05, 0.1) is 38.5 Å². The van der Waals surface area contributed by atoms with Gasteiger partial charge in [-0.3, -0.25) is 0 Å². The van der Waals surface area contributed by atoms with Crippen molar-refractivity contribution in [3.05, 3.63) is 94.8 Å². The van der Waals surface area contributed by atoms with Crippen molar-refractivity contribution in [3.63, 3.8) is 0 Å². The number of fused-ring (bicyclic) bond motifs is 2. The summed E-state index contributed by atoms with van der Waals surface area (Å²) in [6.07, 6.45) is 2.07. The summed E-state index contributed by atoms with van der Waals surface area (Å²) in [5, 5.41) is 9.95. The van der Waals surface area contributed by atoms with Crippen molar-refractivity contribution < 1.29 is 0 Å². The molecule has 4 nitrogen and oxygen atoms in total. The van der Waals surface area contributed by atoms with Crippen molar-refractivity contribution in [2.45, 2.75) is 0 Å². The highest BCUT2D eigenvalue weighted by molar-refractivity contribution is 7.19. The average Bonchev–Trinajstić information content (AvgIpc) is 3.36. The lowest BCUT2D eigenvalue weighted by Crippen LogP contribution is -1.90. The molecule has 0 unspecified atom stereocenters. The number of aromatic nitrogens is 3. The summed E-state index contributed by atoms with van der Waals surface area (Å²) in [6.45, 7) is 0. The first kappa shape index (κ1) is 16.4. The van der Waals surface area contributed by atoms with E-state index in [2.05, 4.69) is 23.2 Å². The molecule has 1 N–H and O–H groups in total. The minimum absolute atomic E-state index is 0.641. The van der Waals surface area contributed by atoms with Crippen molar-refractivity contribution in [3.8, 4) is 6.07 Å². The first-order chi connectivity index (χ1) is 13.8. The Morgan fingerprint density at radius 1 is 0.893 bits per heavy atom. The van der Waals surface area contributed by atoms with Crippen LogP contribution in [0.2, 0.25) is 0 Å². The molecule has 0 amide bonds. The first-order valence-electron chi connectivity index (χ1n) is 8.83. The Kier molecular flexibility index (Phi) is 3.97. The van der Waals surface area contributed by atoms with Crippen LogP contribution in [0.1, 0.15) is 22.0 Å². The van der Waals surface area contributed by atoms with Gasteiger partial charge in [-0.1, -0.05) is 36.4 Å². The predicted octanol–water partition coefficient (Wildman–Crippen LogP) is 5.63. The van der Waals surface area contributed by atoms with E-state index in [0.29, 0.717) is 5.56 Å². The molecule has 0 radical (unpaired) electrons. The zero-order valence-corrected chi connectivity index (χ0v) is 15.6. The van der Waals surface area contributed by atoms with Crippen LogP contribution in [0, 0.1) is 11.3 Å². The van der Waals surface area contributed by atoms with Crippen molar-refractivity contribution in [2.24, 2.45) is 0 Å². The maximum atomic E-state index is 9.04. The van der Waals surface area contributed by atoms with Crippen LogP contribution in [-0.4, -0.2) is 15.0 Å². The molecule has 3 aromatic carbocycles. The maximum absolute atomic E-state index is 9.04. The Morgan fingerprint density at radius 2 is 1.64 bits per heavy atom. The van der Waals surface area contributed by atoms with Gasteiger partial charge >= 0.3 is 0 Å². The number of nitrogens with one attached hydrogen (secondary N) is 1. The van der Waals surface area contributed by atoms with Crippen LogP contribution >= 0.6 is 11.3 Å². The molecule has 0 spiro atoms. The van der Waals surface area contributed by atoms with Crippen LogP contribution < -0.4 is 0 Å². The molecule has 0 saturated heterocycles. The van der Waals surface area contributed by atoms with Crippen molar-refractivity contribution >= 4 is 44.2 Å². The fourth-order valence-corrected chi connectivity index (χ4v) is 4.10. The second-order valence-corrected chi connectivity index (χ2v) is 7.41. The summed E-state index contributed by atoms with van der Waals surface area (Å²) in [5.74, 6) is 0.782. The third-order valence-corrected chi connectivity index (χ3v) is 5.59. The summed E-state index contributed by atoms with van der Waals surface area (Å²) in [7, 11) is 0. The molecule has 0 aliphatic carbocycles. The second kappa shape index (κ2) is 6.76. The first-order valence-corrected chi connectivity index (χ1v) is 9.65. The lowest BCUT2D eigenvalue weighted by molar-refractivity contribution is 1.25.